The lowest BCUT2D eigenvalue weighted by atomic mass is 9.77. The molecule has 1 saturated heterocycles. The van der Waals surface area contributed by atoms with Crippen LogP contribution in [0, 0.1) is 11.8 Å². The number of hydrogen-bond acceptors (Lipinski definition) is 7. The summed E-state index contributed by atoms with van der Waals surface area (Å²) in [5.74, 6) is -2.93. The summed E-state index contributed by atoms with van der Waals surface area (Å²) in [5, 5.41) is 20.0. The highest BCUT2D eigenvalue weighted by Gasteiger charge is 2.60. The van der Waals surface area contributed by atoms with Crippen LogP contribution in [0.25, 0.3) is 10.4 Å². The van der Waals surface area contributed by atoms with E-state index in [1.807, 2.05) is 6.92 Å². The Labute approximate surface area is 203 Å². The number of Topliss-reactive ketones (excluding diaryl/α,β-unsaturated/α-hetero) is 1. The number of carboxylic acid groups (broad SMARTS) is 1. The first-order valence-corrected chi connectivity index (χ1v) is 11.9. The number of thiazole rings is 1. The molecule has 0 spiro atoms. The molecule has 5 rings (SSSR count). The predicted molar refractivity (Wildman–Crippen MR) is 123 cm³/mol. The van der Waals surface area contributed by atoms with Crippen molar-refractivity contribution in [1.82, 2.24) is 14.3 Å². The molecular weight excluding hydrogens is 472 g/mol. The summed E-state index contributed by atoms with van der Waals surface area (Å²) in [5.41, 5.74) is 1.01. The number of carbonyl (C=O) groups is 4. The average Bonchev–Trinajstić information content (AvgIpc) is 3.42. The van der Waals surface area contributed by atoms with E-state index < -0.39 is 29.9 Å². The molecular formula is C24H23N4O6S+. The summed E-state index contributed by atoms with van der Waals surface area (Å²) in [6, 6.07) is 2.91. The number of carbonyl (C=O) groups excluding carboxylic acids is 3. The molecule has 2 N–H and O–H groups in total. The summed E-state index contributed by atoms with van der Waals surface area (Å²) in [4.78, 5) is 56.2. The molecule has 0 bridgehead atoms. The van der Waals surface area contributed by atoms with Gasteiger partial charge in [-0.25, -0.2) is 9.78 Å². The van der Waals surface area contributed by atoms with E-state index in [9.17, 15) is 29.4 Å². The Morgan fingerprint density at radius 2 is 2.06 bits per heavy atom. The van der Waals surface area contributed by atoms with Crippen LogP contribution >= 0.6 is 11.3 Å². The lowest BCUT2D eigenvalue weighted by Crippen LogP contribution is -2.63. The monoisotopic (exact) mass is 495 g/mol. The van der Waals surface area contributed by atoms with E-state index in [4.69, 9.17) is 0 Å². The number of rotatable bonds is 7. The zero-order valence-corrected chi connectivity index (χ0v) is 20.0. The maximum atomic E-state index is 13.2. The van der Waals surface area contributed by atoms with Gasteiger partial charge in [0.2, 0.25) is 18.2 Å². The molecule has 180 valence electrons. The molecule has 1 fully saturated rings. The van der Waals surface area contributed by atoms with E-state index >= 15 is 0 Å². The van der Waals surface area contributed by atoms with Crippen molar-refractivity contribution < 1.29 is 34.0 Å². The Balaban J connectivity index is 1.54. The number of β-lactam (4-membered cyclic amide) rings is 1. The summed E-state index contributed by atoms with van der Waals surface area (Å²) in [6.07, 6.45) is 5.63. The second-order valence-electron chi connectivity index (χ2n) is 9.02. The summed E-state index contributed by atoms with van der Waals surface area (Å²) >= 11 is 1.23. The number of ketones is 2. The number of aliphatic carboxylic acids is 1. The van der Waals surface area contributed by atoms with Gasteiger partial charge in [0.25, 0.3) is 0 Å². The van der Waals surface area contributed by atoms with Crippen LogP contribution in [0.3, 0.4) is 0 Å². The van der Waals surface area contributed by atoms with Gasteiger partial charge in [0, 0.05) is 30.7 Å². The molecule has 3 aromatic heterocycles. The minimum Gasteiger partial charge on any atom is -0.477 e. The summed E-state index contributed by atoms with van der Waals surface area (Å²) in [7, 11) is 0. The predicted octanol–water partition coefficient (Wildman–Crippen LogP) is 1.16. The zero-order valence-electron chi connectivity index (χ0n) is 19.2. The van der Waals surface area contributed by atoms with Crippen LogP contribution in [0.2, 0.25) is 0 Å². The summed E-state index contributed by atoms with van der Waals surface area (Å²) < 4.78 is 3.30. The van der Waals surface area contributed by atoms with E-state index in [1.165, 1.54) is 36.4 Å². The molecule has 1 amide bonds. The molecule has 3 aromatic rings. The number of imidazole rings is 1. The van der Waals surface area contributed by atoms with Crippen molar-refractivity contribution in [3.8, 4) is 0 Å². The second kappa shape index (κ2) is 8.21. The van der Waals surface area contributed by atoms with E-state index in [2.05, 4.69) is 4.98 Å². The van der Waals surface area contributed by atoms with E-state index in [0.29, 0.717) is 20.8 Å². The van der Waals surface area contributed by atoms with Crippen molar-refractivity contribution in [2.45, 2.75) is 39.5 Å². The Kier molecular flexibility index (Phi) is 5.41. The van der Waals surface area contributed by atoms with Gasteiger partial charge >= 0.3 is 5.97 Å². The molecule has 11 heteroatoms. The Morgan fingerprint density at radius 1 is 1.31 bits per heavy atom. The minimum atomic E-state index is -1.21. The molecule has 0 aliphatic carbocycles. The number of aliphatic hydroxyl groups is 1. The number of pyridine rings is 1. The summed E-state index contributed by atoms with van der Waals surface area (Å²) in [6.45, 7) is 5.00. The van der Waals surface area contributed by atoms with Gasteiger partial charge in [-0.2, -0.15) is 4.57 Å². The molecule has 0 aromatic carbocycles. The average molecular weight is 496 g/mol. The molecule has 0 saturated carbocycles. The first-order chi connectivity index (χ1) is 16.6. The topological polar surface area (TPSA) is 133 Å². The third kappa shape index (κ3) is 3.50. The zero-order chi connectivity index (χ0) is 25.2. The second-order valence-corrected chi connectivity index (χ2v) is 10.0. The van der Waals surface area contributed by atoms with Crippen molar-refractivity contribution in [3.63, 3.8) is 0 Å². The maximum Gasteiger partial charge on any atom is 0.352 e. The van der Waals surface area contributed by atoms with Gasteiger partial charge in [0.1, 0.15) is 22.5 Å². The number of aromatic nitrogens is 3. The smallest absolute Gasteiger partial charge is 0.352 e. The SMILES string of the molecule is CC(=O)C[n+]1cccc(C(=O)c2ncn3cc(C4=C(C(=O)O)N5C(=O)[C@H]([C@@H](C)O)[C@H]5[C@H]4C)sc23)c1. The van der Waals surface area contributed by atoms with Crippen molar-refractivity contribution in [3.05, 3.63) is 58.9 Å². The van der Waals surface area contributed by atoms with Crippen molar-refractivity contribution in [1.29, 1.82) is 0 Å². The Hall–Kier alpha value is -3.70. The fourth-order valence-electron chi connectivity index (χ4n) is 5.12. The van der Waals surface area contributed by atoms with Gasteiger partial charge in [0.05, 0.1) is 28.5 Å². The number of aliphatic hydroxyl groups excluding tert-OH is 1. The van der Waals surface area contributed by atoms with Gasteiger partial charge in [-0.3, -0.25) is 18.8 Å². The standard InChI is InChI=1S/C24H22N4O6S/c1-11(29)7-26-6-4-5-14(8-26)21(31)18-23-27(10-25-18)9-15(35-23)16-12(2)19-17(13(3)30)22(32)28(19)20(16)24(33)34/h4-6,8-10,12-13,17,19,30H,7H2,1-3H3/p+1/t12-,13+,17+,19+/m0/s1. The normalized spacial score (nSPS) is 22.3. The van der Waals surface area contributed by atoms with Crippen LogP contribution in [0.15, 0.2) is 42.7 Å². The highest BCUT2D eigenvalue weighted by molar-refractivity contribution is 7.18. The number of fused-ring (bicyclic) bond motifs is 2. The number of nitrogens with zero attached hydrogens (tertiary/aromatic N) is 4. The first-order valence-electron chi connectivity index (χ1n) is 11.1. The molecule has 0 unspecified atom stereocenters. The van der Waals surface area contributed by atoms with E-state index in [-0.39, 0.29) is 35.4 Å². The van der Waals surface area contributed by atoms with Gasteiger partial charge < -0.3 is 15.1 Å². The lowest BCUT2D eigenvalue weighted by molar-refractivity contribution is -0.684. The van der Waals surface area contributed by atoms with Crippen LogP contribution in [0.1, 0.15) is 41.7 Å². The highest BCUT2D eigenvalue weighted by Crippen LogP contribution is 2.51. The van der Waals surface area contributed by atoms with E-state index in [1.54, 1.807) is 39.7 Å². The maximum absolute atomic E-state index is 13.2. The van der Waals surface area contributed by atoms with Crippen LogP contribution in [-0.4, -0.2) is 60.1 Å². The molecule has 0 radical (unpaired) electrons. The number of carboxylic acids is 1. The fourth-order valence-corrected chi connectivity index (χ4v) is 6.34. The Bertz CT molecular complexity index is 1450. The van der Waals surface area contributed by atoms with Crippen LogP contribution in [0.5, 0.6) is 0 Å². The molecule has 2 aliphatic heterocycles. The van der Waals surface area contributed by atoms with Crippen LogP contribution < -0.4 is 4.57 Å². The molecule has 35 heavy (non-hydrogen) atoms. The molecule has 4 atom stereocenters. The minimum absolute atomic E-state index is 0.0407. The van der Waals surface area contributed by atoms with Gasteiger partial charge in [-0.15, -0.1) is 11.3 Å². The third-order valence-electron chi connectivity index (χ3n) is 6.59. The molecule has 2 aliphatic rings. The third-order valence-corrected chi connectivity index (χ3v) is 7.73. The quantitative estimate of drug-likeness (QED) is 0.285. The lowest BCUT2D eigenvalue weighted by Gasteiger charge is -2.46. The molecule has 10 nitrogen and oxygen atoms in total. The van der Waals surface area contributed by atoms with Crippen molar-refractivity contribution in [2.24, 2.45) is 11.8 Å². The van der Waals surface area contributed by atoms with Gasteiger partial charge in [-0.1, -0.05) is 6.92 Å². The van der Waals surface area contributed by atoms with Crippen molar-refractivity contribution >= 4 is 45.2 Å². The Morgan fingerprint density at radius 3 is 2.71 bits per heavy atom. The largest absolute Gasteiger partial charge is 0.477 e. The number of hydrogen-bond donors (Lipinski definition) is 2. The molecule has 5 heterocycles. The van der Waals surface area contributed by atoms with Crippen LogP contribution in [-0.2, 0) is 20.9 Å². The first kappa shape index (κ1) is 23.1. The van der Waals surface area contributed by atoms with E-state index in [0.717, 1.165) is 0 Å². The number of amides is 1. The van der Waals surface area contributed by atoms with Gasteiger partial charge in [-0.05, 0) is 13.0 Å². The van der Waals surface area contributed by atoms with Crippen molar-refractivity contribution in [2.75, 3.05) is 0 Å². The highest BCUT2D eigenvalue weighted by atomic mass is 32.1. The van der Waals surface area contributed by atoms with Gasteiger partial charge in [0.15, 0.2) is 18.2 Å². The van der Waals surface area contributed by atoms with Crippen LogP contribution in [0.4, 0.5) is 0 Å². The fraction of sp³-hybridized carbons (Fsp3) is 0.333.